The van der Waals surface area contributed by atoms with E-state index in [-0.39, 0.29) is 5.69 Å². The average molecular weight is 155 g/mol. The monoisotopic (exact) mass is 155 g/mol. The van der Waals surface area contributed by atoms with Crippen LogP contribution in [0.2, 0.25) is 0 Å². The molecular weight excluding hydrogens is 146 g/mol. The molecule has 1 aliphatic rings. The minimum atomic E-state index is -0.134. The first-order valence-corrected chi connectivity index (χ1v) is 3.60. The molecule has 11 heavy (non-hydrogen) atoms. The van der Waals surface area contributed by atoms with Crippen LogP contribution in [0.15, 0.2) is 4.79 Å². The maximum absolute atomic E-state index is 11.0. The number of nitrogens with one attached hydrogen (secondary N) is 1. The van der Waals surface area contributed by atoms with Crippen molar-refractivity contribution in [3.8, 4) is 0 Å². The van der Waals surface area contributed by atoms with E-state index in [1.54, 1.807) is 4.57 Å². The third-order valence-corrected chi connectivity index (χ3v) is 1.74. The molecule has 1 aromatic rings. The van der Waals surface area contributed by atoms with E-state index in [1.165, 1.54) is 0 Å². The molecule has 1 N–H and O–H groups in total. The predicted molar refractivity (Wildman–Crippen MR) is 37.1 cm³/mol. The van der Waals surface area contributed by atoms with Gasteiger partial charge in [-0.25, -0.2) is 9.89 Å². The molecule has 5 heteroatoms. The largest absolute Gasteiger partial charge is 0.373 e. The van der Waals surface area contributed by atoms with Crippen molar-refractivity contribution in [2.24, 2.45) is 0 Å². The van der Waals surface area contributed by atoms with Crippen molar-refractivity contribution >= 4 is 0 Å². The Kier molecular flexibility index (Phi) is 1.50. The Morgan fingerprint density at radius 2 is 2.55 bits per heavy atom. The lowest BCUT2D eigenvalue weighted by Gasteiger charge is -1.95. The van der Waals surface area contributed by atoms with Gasteiger partial charge in [-0.3, -0.25) is 4.57 Å². The first-order valence-electron chi connectivity index (χ1n) is 3.60. The molecule has 5 nitrogen and oxygen atoms in total. The van der Waals surface area contributed by atoms with Crippen LogP contribution in [0.1, 0.15) is 12.2 Å². The fourth-order valence-electron chi connectivity index (χ4n) is 1.18. The fraction of sp³-hybridized carbons (Fsp3) is 0.667. The van der Waals surface area contributed by atoms with Crippen LogP contribution in [-0.2, 0) is 17.9 Å². The van der Waals surface area contributed by atoms with Crippen LogP contribution in [0.5, 0.6) is 0 Å². The van der Waals surface area contributed by atoms with Crippen LogP contribution < -0.4 is 5.69 Å². The highest BCUT2D eigenvalue weighted by molar-refractivity contribution is 4.84. The van der Waals surface area contributed by atoms with Crippen LogP contribution in [0, 0.1) is 0 Å². The molecule has 0 aromatic carbocycles. The zero-order valence-electron chi connectivity index (χ0n) is 6.04. The minimum absolute atomic E-state index is 0.134. The molecule has 0 radical (unpaired) electrons. The summed E-state index contributed by atoms with van der Waals surface area (Å²) in [7, 11) is 0. The molecule has 0 fully saturated rings. The molecule has 0 spiro atoms. The molecule has 1 aromatic heterocycles. The van der Waals surface area contributed by atoms with E-state index in [9.17, 15) is 4.79 Å². The Morgan fingerprint density at radius 1 is 1.64 bits per heavy atom. The number of nitrogens with zero attached hydrogens (tertiary/aromatic N) is 2. The maximum atomic E-state index is 11.0. The van der Waals surface area contributed by atoms with Gasteiger partial charge in [-0.05, 0) is 6.42 Å². The van der Waals surface area contributed by atoms with Gasteiger partial charge >= 0.3 is 5.69 Å². The zero-order chi connectivity index (χ0) is 7.68. The van der Waals surface area contributed by atoms with Gasteiger partial charge in [0, 0.05) is 13.2 Å². The minimum Gasteiger partial charge on any atom is -0.373 e. The van der Waals surface area contributed by atoms with Crippen LogP contribution in [0.4, 0.5) is 0 Å². The Bertz CT molecular complexity index is 301. The number of aromatic amines is 1. The van der Waals surface area contributed by atoms with Gasteiger partial charge < -0.3 is 4.74 Å². The van der Waals surface area contributed by atoms with Crippen molar-refractivity contribution in [2.75, 3.05) is 6.61 Å². The van der Waals surface area contributed by atoms with Gasteiger partial charge in [0.25, 0.3) is 0 Å². The van der Waals surface area contributed by atoms with Gasteiger partial charge in [0.2, 0.25) is 0 Å². The fourth-order valence-corrected chi connectivity index (χ4v) is 1.18. The summed E-state index contributed by atoms with van der Waals surface area (Å²) in [6.45, 7) is 1.87. The van der Waals surface area contributed by atoms with Gasteiger partial charge in [-0.15, -0.1) is 0 Å². The lowest BCUT2D eigenvalue weighted by Crippen LogP contribution is -2.17. The van der Waals surface area contributed by atoms with Crippen LogP contribution in [-0.4, -0.2) is 21.4 Å². The average Bonchev–Trinajstić information content (AvgIpc) is 2.25. The highest BCUT2D eigenvalue weighted by Gasteiger charge is 2.10. The second-order valence-electron chi connectivity index (χ2n) is 2.50. The van der Waals surface area contributed by atoms with Gasteiger partial charge in [0.15, 0.2) is 5.82 Å². The summed E-state index contributed by atoms with van der Waals surface area (Å²) in [6.07, 6.45) is 0.881. The molecule has 2 rings (SSSR count). The lowest BCUT2D eigenvalue weighted by atomic mass is 10.4. The highest BCUT2D eigenvalue weighted by Crippen LogP contribution is 2.01. The number of rotatable bonds is 0. The molecular formula is C6H9N3O2. The highest BCUT2D eigenvalue weighted by atomic mass is 16.5. The van der Waals surface area contributed by atoms with Crippen LogP contribution in [0.3, 0.4) is 0 Å². The van der Waals surface area contributed by atoms with Crippen molar-refractivity contribution in [3.63, 3.8) is 0 Å². The van der Waals surface area contributed by atoms with Crippen molar-refractivity contribution < 1.29 is 4.74 Å². The Labute approximate surface area is 63.0 Å². The predicted octanol–water partition coefficient (Wildman–Crippen LogP) is -0.508. The van der Waals surface area contributed by atoms with E-state index in [1.807, 2.05) is 0 Å². The summed E-state index contributed by atoms with van der Waals surface area (Å²) < 4.78 is 6.81. The SMILES string of the molecule is O=c1[nH]nc2n1CCCOC2. The summed E-state index contributed by atoms with van der Waals surface area (Å²) in [5.74, 6) is 0.701. The van der Waals surface area contributed by atoms with Gasteiger partial charge in [-0.1, -0.05) is 0 Å². The van der Waals surface area contributed by atoms with Crippen molar-refractivity contribution in [1.82, 2.24) is 14.8 Å². The van der Waals surface area contributed by atoms with E-state index in [0.29, 0.717) is 25.6 Å². The molecule has 0 unspecified atom stereocenters. The van der Waals surface area contributed by atoms with E-state index in [4.69, 9.17) is 4.74 Å². The van der Waals surface area contributed by atoms with E-state index in [0.717, 1.165) is 6.42 Å². The Balaban J connectivity index is 2.43. The molecule has 1 aliphatic heterocycles. The molecule has 0 saturated heterocycles. The zero-order valence-corrected chi connectivity index (χ0v) is 6.04. The summed E-state index contributed by atoms with van der Waals surface area (Å²) in [4.78, 5) is 11.0. The number of fused-ring (bicyclic) bond motifs is 1. The van der Waals surface area contributed by atoms with Crippen molar-refractivity contribution in [3.05, 3.63) is 16.3 Å². The van der Waals surface area contributed by atoms with Gasteiger partial charge in [0.1, 0.15) is 6.61 Å². The third kappa shape index (κ3) is 1.07. The molecule has 0 amide bonds. The Hall–Kier alpha value is -1.10. The van der Waals surface area contributed by atoms with E-state index in [2.05, 4.69) is 10.2 Å². The molecule has 0 atom stereocenters. The number of aromatic nitrogens is 3. The smallest absolute Gasteiger partial charge is 0.343 e. The van der Waals surface area contributed by atoms with Gasteiger partial charge in [0.05, 0.1) is 0 Å². The standard InChI is InChI=1S/C6H9N3O2/c10-6-8-7-5-4-11-3-1-2-9(5)6/h1-4H2,(H,8,10). The van der Waals surface area contributed by atoms with Crippen molar-refractivity contribution in [2.45, 2.75) is 19.6 Å². The summed E-state index contributed by atoms with van der Waals surface area (Å²) in [5.41, 5.74) is -0.134. The van der Waals surface area contributed by atoms with Crippen LogP contribution >= 0.6 is 0 Å². The number of hydrogen-bond acceptors (Lipinski definition) is 3. The van der Waals surface area contributed by atoms with Gasteiger partial charge in [-0.2, -0.15) is 5.10 Å². The molecule has 0 bridgehead atoms. The molecule has 2 heterocycles. The topological polar surface area (TPSA) is 59.9 Å². The first kappa shape index (κ1) is 6.60. The molecule has 60 valence electrons. The second kappa shape index (κ2) is 2.50. The first-order chi connectivity index (χ1) is 5.38. The number of ether oxygens (including phenoxy) is 1. The van der Waals surface area contributed by atoms with Crippen molar-refractivity contribution in [1.29, 1.82) is 0 Å². The molecule has 0 saturated carbocycles. The summed E-state index contributed by atoms with van der Waals surface area (Å²) in [6, 6.07) is 0. The summed E-state index contributed by atoms with van der Waals surface area (Å²) >= 11 is 0. The summed E-state index contributed by atoms with van der Waals surface area (Å²) in [5, 5.41) is 6.20. The molecule has 0 aliphatic carbocycles. The quantitative estimate of drug-likeness (QED) is 0.549. The van der Waals surface area contributed by atoms with E-state index >= 15 is 0 Å². The van der Waals surface area contributed by atoms with Crippen LogP contribution in [0.25, 0.3) is 0 Å². The lowest BCUT2D eigenvalue weighted by molar-refractivity contribution is 0.122. The number of H-pyrrole nitrogens is 1. The normalized spacial score (nSPS) is 17.5. The maximum Gasteiger partial charge on any atom is 0.343 e. The van der Waals surface area contributed by atoms with E-state index < -0.39 is 0 Å². The third-order valence-electron chi connectivity index (χ3n) is 1.74. The second-order valence-corrected chi connectivity index (χ2v) is 2.50. The Morgan fingerprint density at radius 3 is 3.45 bits per heavy atom. The number of hydrogen-bond donors (Lipinski definition) is 1.